The maximum atomic E-state index is 13.1. The second-order valence-corrected chi connectivity index (χ2v) is 8.69. The van der Waals surface area contributed by atoms with Crippen LogP contribution < -0.4 is 10.5 Å². The average Bonchev–Trinajstić information content (AvgIpc) is 2.84. The molecule has 8 heteroatoms. The zero-order chi connectivity index (χ0) is 22.7. The fraction of sp³-hybridized carbons (Fsp3) is 0.583. The Hall–Kier alpha value is -2.76. The van der Waals surface area contributed by atoms with Crippen LogP contribution in [0.2, 0.25) is 0 Å². The molecule has 0 aromatic carbocycles. The van der Waals surface area contributed by atoms with Crippen LogP contribution in [-0.2, 0) is 11.2 Å². The Bertz CT molecular complexity index is 1040. The Morgan fingerprint density at radius 3 is 2.88 bits per heavy atom. The van der Waals surface area contributed by atoms with Gasteiger partial charge in [-0.1, -0.05) is 13.0 Å². The highest BCUT2D eigenvalue weighted by Gasteiger charge is 2.31. The molecule has 0 radical (unpaired) electrons. The Morgan fingerprint density at radius 1 is 1.34 bits per heavy atom. The van der Waals surface area contributed by atoms with Gasteiger partial charge < -0.3 is 9.64 Å². The van der Waals surface area contributed by atoms with E-state index < -0.39 is 0 Å². The zero-order valence-electron chi connectivity index (χ0n) is 19.2. The predicted molar refractivity (Wildman–Crippen MR) is 122 cm³/mol. The zero-order valence-corrected chi connectivity index (χ0v) is 19.2. The minimum atomic E-state index is -0.375. The largest absolute Gasteiger partial charge is 0.364 e. The van der Waals surface area contributed by atoms with Crippen LogP contribution in [0.25, 0.3) is 0 Å². The van der Waals surface area contributed by atoms with Gasteiger partial charge in [0.05, 0.1) is 11.9 Å². The first-order chi connectivity index (χ1) is 15.5. The molecule has 2 aromatic heterocycles. The molecule has 0 aliphatic carbocycles. The van der Waals surface area contributed by atoms with Crippen LogP contribution in [0.1, 0.15) is 69.1 Å². The summed E-state index contributed by atoms with van der Waals surface area (Å²) in [4.78, 5) is 22.2. The van der Waals surface area contributed by atoms with Crippen molar-refractivity contribution >= 4 is 5.69 Å². The molecular weight excluding hydrogens is 404 g/mol. The van der Waals surface area contributed by atoms with E-state index >= 15 is 0 Å². The van der Waals surface area contributed by atoms with Crippen LogP contribution in [0, 0.1) is 11.3 Å². The summed E-state index contributed by atoms with van der Waals surface area (Å²) in [6.07, 6.45) is 6.80. The van der Waals surface area contributed by atoms with Gasteiger partial charge in [0.15, 0.2) is 6.23 Å². The summed E-state index contributed by atoms with van der Waals surface area (Å²) >= 11 is 0. The van der Waals surface area contributed by atoms with Gasteiger partial charge in [-0.05, 0) is 51.2 Å². The van der Waals surface area contributed by atoms with E-state index in [1.165, 1.54) is 10.2 Å². The Kier molecular flexibility index (Phi) is 6.87. The third-order valence-corrected chi connectivity index (χ3v) is 6.75. The molecule has 3 atom stereocenters. The van der Waals surface area contributed by atoms with Crippen molar-refractivity contribution in [2.24, 2.45) is 0 Å². The van der Waals surface area contributed by atoms with Gasteiger partial charge in [-0.3, -0.25) is 14.7 Å². The van der Waals surface area contributed by atoms with E-state index in [9.17, 15) is 10.1 Å². The van der Waals surface area contributed by atoms with Crippen molar-refractivity contribution in [2.45, 2.75) is 64.8 Å². The molecular formula is C24H32N6O2. The Morgan fingerprint density at radius 2 is 2.19 bits per heavy atom. The normalized spacial score (nSPS) is 23.0. The van der Waals surface area contributed by atoms with Crippen molar-refractivity contribution in [3.8, 4) is 6.07 Å². The standard InChI is InChI=1S/C24H32N6O2/c1-4-21-19(8-7-10-26-21)18(3)28-11-12-29(17(2)16-28)22-15-27-30(24(31)20(22)14-25)23-9-5-6-13-32-23/h7-8,10,15,17-18,23H,4-6,9,11-13,16H2,1-3H3/t17-,18?,23?/m1/s1. The number of hydrogen-bond acceptors (Lipinski definition) is 7. The molecule has 2 aliphatic heterocycles. The first-order valence-electron chi connectivity index (χ1n) is 11.6. The van der Waals surface area contributed by atoms with Gasteiger partial charge in [-0.2, -0.15) is 15.0 Å². The number of pyridine rings is 1. The molecule has 4 heterocycles. The van der Waals surface area contributed by atoms with E-state index in [1.54, 1.807) is 6.20 Å². The molecule has 0 bridgehead atoms. The minimum Gasteiger partial charge on any atom is -0.364 e. The van der Waals surface area contributed by atoms with E-state index in [4.69, 9.17) is 4.74 Å². The second-order valence-electron chi connectivity index (χ2n) is 8.69. The van der Waals surface area contributed by atoms with Crippen LogP contribution in [0.3, 0.4) is 0 Å². The van der Waals surface area contributed by atoms with Gasteiger partial charge in [-0.15, -0.1) is 0 Å². The van der Waals surface area contributed by atoms with Crippen LogP contribution in [-0.4, -0.2) is 51.9 Å². The summed E-state index contributed by atoms with van der Waals surface area (Å²) in [5, 5.41) is 14.2. The van der Waals surface area contributed by atoms with Gasteiger partial charge in [0, 0.05) is 50.2 Å². The molecule has 0 amide bonds. The lowest BCUT2D eigenvalue weighted by atomic mass is 10.0. The predicted octanol–water partition coefficient (Wildman–Crippen LogP) is 3.04. The van der Waals surface area contributed by atoms with Crippen LogP contribution in [0.4, 0.5) is 5.69 Å². The minimum absolute atomic E-state index is 0.142. The summed E-state index contributed by atoms with van der Waals surface area (Å²) < 4.78 is 7.06. The summed E-state index contributed by atoms with van der Waals surface area (Å²) in [7, 11) is 0. The van der Waals surface area contributed by atoms with Gasteiger partial charge in [-0.25, -0.2) is 0 Å². The molecule has 0 spiro atoms. The Labute approximate surface area is 189 Å². The summed E-state index contributed by atoms with van der Waals surface area (Å²) in [6, 6.07) is 6.71. The lowest BCUT2D eigenvalue weighted by Crippen LogP contribution is -2.53. The molecule has 2 aromatic rings. The highest BCUT2D eigenvalue weighted by molar-refractivity contribution is 5.57. The summed E-state index contributed by atoms with van der Waals surface area (Å²) in [5.41, 5.74) is 2.83. The Balaban J connectivity index is 1.54. The summed E-state index contributed by atoms with van der Waals surface area (Å²) in [6.45, 7) is 9.52. The molecule has 8 nitrogen and oxygen atoms in total. The van der Waals surface area contributed by atoms with E-state index in [-0.39, 0.29) is 29.4 Å². The molecule has 4 rings (SSSR count). The molecule has 2 aliphatic rings. The van der Waals surface area contributed by atoms with Crippen molar-refractivity contribution in [3.63, 3.8) is 0 Å². The van der Waals surface area contributed by atoms with Crippen LogP contribution in [0.15, 0.2) is 29.3 Å². The van der Waals surface area contributed by atoms with Crippen molar-refractivity contribution in [1.82, 2.24) is 19.7 Å². The number of nitrogens with zero attached hydrogens (tertiary/aromatic N) is 6. The highest BCUT2D eigenvalue weighted by atomic mass is 16.5. The van der Waals surface area contributed by atoms with Gasteiger partial charge in [0.25, 0.3) is 5.56 Å². The number of aryl methyl sites for hydroxylation is 1. The van der Waals surface area contributed by atoms with Crippen molar-refractivity contribution in [2.75, 3.05) is 31.1 Å². The lowest BCUT2D eigenvalue weighted by molar-refractivity contribution is -0.0425. The van der Waals surface area contributed by atoms with E-state index in [2.05, 4.69) is 52.8 Å². The van der Waals surface area contributed by atoms with E-state index in [0.29, 0.717) is 12.3 Å². The van der Waals surface area contributed by atoms with Crippen molar-refractivity contribution in [3.05, 3.63) is 51.7 Å². The summed E-state index contributed by atoms with van der Waals surface area (Å²) in [5.74, 6) is 0. The van der Waals surface area contributed by atoms with Crippen molar-refractivity contribution in [1.29, 1.82) is 5.26 Å². The number of ether oxygens (including phenoxy) is 1. The highest BCUT2D eigenvalue weighted by Crippen LogP contribution is 2.29. The topological polar surface area (TPSA) is 87.3 Å². The maximum Gasteiger partial charge on any atom is 0.289 e. The molecule has 2 unspecified atom stereocenters. The fourth-order valence-corrected chi connectivity index (χ4v) is 4.92. The number of aromatic nitrogens is 3. The van der Waals surface area contributed by atoms with Gasteiger partial charge >= 0.3 is 0 Å². The lowest BCUT2D eigenvalue weighted by Gasteiger charge is -2.44. The number of hydrogen-bond donors (Lipinski definition) is 0. The molecule has 170 valence electrons. The molecule has 0 saturated carbocycles. The number of anilines is 1. The average molecular weight is 437 g/mol. The number of nitriles is 1. The first kappa shape index (κ1) is 22.4. The monoisotopic (exact) mass is 436 g/mol. The second kappa shape index (κ2) is 9.80. The number of rotatable bonds is 5. The molecule has 0 N–H and O–H groups in total. The smallest absolute Gasteiger partial charge is 0.289 e. The number of piperazine rings is 1. The quantitative estimate of drug-likeness (QED) is 0.712. The van der Waals surface area contributed by atoms with Gasteiger partial charge in [0.2, 0.25) is 0 Å². The fourth-order valence-electron chi connectivity index (χ4n) is 4.92. The molecule has 2 fully saturated rings. The SMILES string of the molecule is CCc1ncccc1C(C)N1CCN(c2cnn(C3CCCCO3)c(=O)c2C#N)[C@H](C)C1. The van der Waals surface area contributed by atoms with Gasteiger partial charge in [0.1, 0.15) is 11.6 Å². The van der Waals surface area contributed by atoms with Crippen molar-refractivity contribution < 1.29 is 4.74 Å². The molecule has 32 heavy (non-hydrogen) atoms. The van der Waals surface area contributed by atoms with Crippen LogP contribution in [0.5, 0.6) is 0 Å². The van der Waals surface area contributed by atoms with Crippen LogP contribution >= 0.6 is 0 Å². The first-order valence-corrected chi connectivity index (χ1v) is 11.6. The van der Waals surface area contributed by atoms with E-state index in [0.717, 1.165) is 51.0 Å². The third kappa shape index (κ3) is 4.27. The molecule has 2 saturated heterocycles. The third-order valence-electron chi connectivity index (χ3n) is 6.75. The maximum absolute atomic E-state index is 13.1. The van der Waals surface area contributed by atoms with E-state index in [1.807, 2.05) is 12.3 Å².